The van der Waals surface area contributed by atoms with E-state index in [4.69, 9.17) is 24.4 Å². The van der Waals surface area contributed by atoms with Gasteiger partial charge >= 0.3 is 6.09 Å². The molecule has 36 heavy (non-hydrogen) atoms. The summed E-state index contributed by atoms with van der Waals surface area (Å²) >= 11 is 0. The molecular weight excluding hydrogens is 478 g/mol. The fourth-order valence-electron chi connectivity index (χ4n) is 4.42. The maximum Gasteiger partial charge on any atom is 0.411 e. The number of nitrogens with one attached hydrogen (secondary N) is 1. The van der Waals surface area contributed by atoms with E-state index in [1.54, 1.807) is 37.8 Å². The maximum absolute atomic E-state index is 13.7. The Kier molecular flexibility index (Phi) is 7.35. The minimum atomic E-state index is -2.17. The molecule has 1 unspecified atom stereocenters. The largest absolute Gasteiger partial charge is 0.444 e. The van der Waals surface area contributed by atoms with Gasteiger partial charge in [0.15, 0.2) is 14.1 Å². The number of amides is 1. The molecule has 2 aliphatic heterocycles. The number of anilines is 1. The highest BCUT2D eigenvalue weighted by atomic mass is 28.4. The van der Waals surface area contributed by atoms with Crippen molar-refractivity contribution in [1.82, 2.24) is 9.88 Å². The number of H-pyrrole nitrogens is 1. The summed E-state index contributed by atoms with van der Waals surface area (Å²) in [6.07, 6.45) is -0.131. The summed E-state index contributed by atoms with van der Waals surface area (Å²) in [6.45, 7) is 23.9. The van der Waals surface area contributed by atoms with Gasteiger partial charge in [0, 0.05) is 11.1 Å². The Morgan fingerprint density at radius 1 is 1.22 bits per heavy atom. The van der Waals surface area contributed by atoms with E-state index in [9.17, 15) is 9.59 Å². The minimum Gasteiger partial charge on any atom is -0.444 e. The number of likely N-dealkylation sites (tertiary alicyclic amines) is 1. The van der Waals surface area contributed by atoms with Crippen LogP contribution in [0.5, 0.6) is 0 Å². The summed E-state index contributed by atoms with van der Waals surface area (Å²) in [5.41, 5.74) is 5.72. The van der Waals surface area contributed by atoms with Crippen molar-refractivity contribution in [2.45, 2.75) is 109 Å². The SMILES string of the molecule is C=Cc1cc(C2[C@@H]3OC(C)(C)O[C@@H]3[C@@H](CO[Si](C)(C)C(C)(C)C)N2C(=O)OC(C)(C)C)c(=O)[nH]c1N. The minimum absolute atomic E-state index is 0.0274. The lowest BCUT2D eigenvalue weighted by molar-refractivity contribution is -0.168. The lowest BCUT2D eigenvalue weighted by atomic mass is 10.0. The molecule has 0 saturated carbocycles. The Bertz CT molecular complexity index is 1070. The number of ether oxygens (including phenoxy) is 3. The number of hydrogen-bond donors (Lipinski definition) is 2. The van der Waals surface area contributed by atoms with Gasteiger partial charge in [0.2, 0.25) is 0 Å². The van der Waals surface area contributed by atoms with Crippen molar-refractivity contribution in [3.63, 3.8) is 0 Å². The van der Waals surface area contributed by atoms with Crippen LogP contribution in [0, 0.1) is 0 Å². The average molecular weight is 522 g/mol. The molecule has 3 N–H and O–H groups in total. The fourth-order valence-corrected chi connectivity index (χ4v) is 5.44. The van der Waals surface area contributed by atoms with Crippen molar-refractivity contribution in [2.75, 3.05) is 12.3 Å². The van der Waals surface area contributed by atoms with Crippen LogP contribution in [-0.2, 0) is 18.6 Å². The van der Waals surface area contributed by atoms with Crippen LogP contribution < -0.4 is 11.3 Å². The first-order chi connectivity index (χ1) is 16.3. The zero-order chi connectivity index (χ0) is 27.4. The van der Waals surface area contributed by atoms with Gasteiger partial charge in [-0.25, -0.2) is 4.79 Å². The third kappa shape index (κ3) is 5.56. The predicted octanol–water partition coefficient (Wildman–Crippen LogP) is 4.80. The average Bonchev–Trinajstić information content (AvgIpc) is 3.14. The van der Waals surface area contributed by atoms with Gasteiger partial charge in [-0.2, -0.15) is 0 Å². The summed E-state index contributed by atoms with van der Waals surface area (Å²) in [5.74, 6) is -0.691. The number of hydrogen-bond acceptors (Lipinski definition) is 7. The van der Waals surface area contributed by atoms with Crippen molar-refractivity contribution in [3.05, 3.63) is 34.1 Å². The van der Waals surface area contributed by atoms with Gasteiger partial charge in [0.25, 0.3) is 5.56 Å². The molecule has 3 heterocycles. The molecule has 10 heteroatoms. The van der Waals surface area contributed by atoms with E-state index in [-0.39, 0.29) is 17.5 Å². The van der Waals surface area contributed by atoms with Crippen molar-refractivity contribution in [2.24, 2.45) is 0 Å². The van der Waals surface area contributed by atoms with Crippen molar-refractivity contribution < 1.29 is 23.4 Å². The van der Waals surface area contributed by atoms with E-state index in [1.165, 1.54) is 0 Å². The zero-order valence-corrected chi connectivity index (χ0v) is 24.4. The third-order valence-corrected chi connectivity index (χ3v) is 11.7. The van der Waals surface area contributed by atoms with Crippen LogP contribution in [-0.4, -0.2) is 60.5 Å². The van der Waals surface area contributed by atoms with Crippen LogP contribution in [0.2, 0.25) is 18.1 Å². The molecule has 0 spiro atoms. The summed E-state index contributed by atoms with van der Waals surface area (Å²) in [4.78, 5) is 31.1. The predicted molar refractivity (Wildman–Crippen MR) is 143 cm³/mol. The normalized spacial score (nSPS) is 26.1. The Hall–Kier alpha value is -2.14. The van der Waals surface area contributed by atoms with Crippen molar-refractivity contribution in [3.8, 4) is 0 Å². The van der Waals surface area contributed by atoms with Gasteiger partial charge in [-0.1, -0.05) is 33.4 Å². The maximum atomic E-state index is 13.7. The van der Waals surface area contributed by atoms with Crippen LogP contribution in [0.3, 0.4) is 0 Å². The number of nitrogens with two attached hydrogens (primary N) is 1. The third-order valence-electron chi connectivity index (χ3n) is 7.21. The number of aromatic nitrogens is 1. The molecular formula is C26H43N3O6Si. The van der Waals surface area contributed by atoms with E-state index in [0.29, 0.717) is 11.1 Å². The molecule has 0 bridgehead atoms. The van der Waals surface area contributed by atoms with E-state index in [2.05, 4.69) is 45.4 Å². The summed E-state index contributed by atoms with van der Waals surface area (Å²) in [7, 11) is -2.17. The first-order valence-corrected chi connectivity index (χ1v) is 15.3. The Morgan fingerprint density at radius 2 is 1.81 bits per heavy atom. The number of aromatic amines is 1. The van der Waals surface area contributed by atoms with Crippen LogP contribution in [0.4, 0.5) is 10.6 Å². The van der Waals surface area contributed by atoms with Crippen LogP contribution in [0.15, 0.2) is 17.4 Å². The molecule has 1 aromatic heterocycles. The second-order valence-corrected chi connectivity index (χ2v) is 17.5. The molecule has 9 nitrogen and oxygen atoms in total. The van der Waals surface area contributed by atoms with Gasteiger partial charge in [-0.15, -0.1) is 0 Å². The number of carbonyl (C=O) groups is 1. The molecule has 2 fully saturated rings. The molecule has 0 aromatic carbocycles. The highest BCUT2D eigenvalue weighted by molar-refractivity contribution is 6.74. The van der Waals surface area contributed by atoms with E-state index >= 15 is 0 Å². The van der Waals surface area contributed by atoms with Crippen molar-refractivity contribution in [1.29, 1.82) is 0 Å². The number of nitrogen functional groups attached to an aromatic ring is 1. The van der Waals surface area contributed by atoms with Gasteiger partial charge in [-0.05, 0) is 58.8 Å². The molecule has 2 aliphatic rings. The van der Waals surface area contributed by atoms with Gasteiger partial charge in [-0.3, -0.25) is 9.69 Å². The molecule has 0 radical (unpaired) electrons. The first kappa shape index (κ1) is 28.4. The molecule has 3 rings (SSSR count). The van der Waals surface area contributed by atoms with Crippen molar-refractivity contribution >= 4 is 26.3 Å². The zero-order valence-electron chi connectivity index (χ0n) is 23.4. The Balaban J connectivity index is 2.14. The topological polar surface area (TPSA) is 116 Å². The quantitative estimate of drug-likeness (QED) is 0.535. The van der Waals surface area contributed by atoms with Gasteiger partial charge in [0.05, 0.1) is 18.7 Å². The highest BCUT2D eigenvalue weighted by Crippen LogP contribution is 2.48. The van der Waals surface area contributed by atoms with Crippen LogP contribution in [0.1, 0.15) is 72.6 Å². The van der Waals surface area contributed by atoms with Gasteiger partial charge in [0.1, 0.15) is 23.6 Å². The lowest BCUT2D eigenvalue weighted by Crippen LogP contribution is -2.51. The molecule has 4 atom stereocenters. The molecule has 202 valence electrons. The standard InChI is InChI=1S/C26H43N3O6Si/c1-12-15-13-16(22(30)28-21(15)27)18-20-19(33-26(8,9)34-20)17(14-32-36(10,11)25(5,6)7)29(18)23(31)35-24(2,3)4/h12-13,17-20H,1,14H2,2-11H3,(H3,27,28,30)/t17-,18?,19-,20+/m1/s1. The summed E-state index contributed by atoms with van der Waals surface area (Å²) in [6, 6.07) is 0.351. The van der Waals surface area contributed by atoms with Crippen LogP contribution in [0.25, 0.3) is 6.08 Å². The summed E-state index contributed by atoms with van der Waals surface area (Å²) in [5, 5.41) is -0.0274. The highest BCUT2D eigenvalue weighted by Gasteiger charge is 2.61. The Labute approximate surface area is 215 Å². The monoisotopic (exact) mass is 521 g/mol. The number of nitrogens with zero attached hydrogens (tertiary/aromatic N) is 1. The fraction of sp³-hybridized carbons (Fsp3) is 0.692. The second kappa shape index (κ2) is 9.31. The molecule has 1 aromatic rings. The van der Waals surface area contributed by atoms with Crippen LogP contribution >= 0.6 is 0 Å². The lowest BCUT2D eigenvalue weighted by Gasteiger charge is -2.40. The molecule has 1 amide bonds. The molecule has 2 saturated heterocycles. The smallest absolute Gasteiger partial charge is 0.411 e. The number of rotatable bonds is 5. The number of carbonyl (C=O) groups excluding carboxylic acids is 1. The molecule has 0 aliphatic carbocycles. The first-order valence-electron chi connectivity index (χ1n) is 12.4. The second-order valence-electron chi connectivity index (χ2n) is 12.7. The summed E-state index contributed by atoms with van der Waals surface area (Å²) < 4.78 is 25.0. The number of pyridine rings is 1. The number of fused-ring (bicyclic) bond motifs is 1. The van der Waals surface area contributed by atoms with Gasteiger partial charge < -0.3 is 29.4 Å². The van der Waals surface area contributed by atoms with E-state index < -0.39 is 55.6 Å². The Morgan fingerprint density at radius 3 is 2.33 bits per heavy atom. The van der Waals surface area contributed by atoms with E-state index in [0.717, 1.165) is 0 Å². The van der Waals surface area contributed by atoms with E-state index in [1.807, 2.05) is 13.8 Å².